The van der Waals surface area contributed by atoms with Gasteiger partial charge < -0.3 is 15.9 Å². The monoisotopic (exact) mass is 283 g/mol. The molecule has 6 heteroatoms. The highest BCUT2D eigenvalue weighted by Gasteiger charge is 2.43. The summed E-state index contributed by atoms with van der Waals surface area (Å²) in [6.07, 6.45) is 1.27. The lowest BCUT2D eigenvalue weighted by Crippen LogP contribution is -2.65. The van der Waals surface area contributed by atoms with E-state index >= 15 is 0 Å². The molecule has 1 aliphatic heterocycles. The second kappa shape index (κ2) is 9.28. The Labute approximate surface area is 120 Å². The number of rotatable bonds is 3. The number of aromatic nitrogens is 1. The SMILES string of the molecule is CC.CC.Nc1cc(C[C@H]2C(O)NC2C(=O)O)ccn1. The number of carboxylic acid groups (broad SMARTS) is 1. The number of nitrogens with zero attached hydrogens (tertiary/aromatic N) is 1. The summed E-state index contributed by atoms with van der Waals surface area (Å²) in [7, 11) is 0. The number of aliphatic hydroxyl groups excluding tert-OH is 1. The van der Waals surface area contributed by atoms with Crippen molar-refractivity contribution in [2.75, 3.05) is 5.73 Å². The van der Waals surface area contributed by atoms with E-state index < -0.39 is 18.2 Å². The van der Waals surface area contributed by atoms with Crippen molar-refractivity contribution in [3.8, 4) is 0 Å². The van der Waals surface area contributed by atoms with Crippen LogP contribution in [0.15, 0.2) is 18.3 Å². The largest absolute Gasteiger partial charge is 0.480 e. The number of nitrogens with one attached hydrogen (secondary N) is 1. The summed E-state index contributed by atoms with van der Waals surface area (Å²) in [4.78, 5) is 14.6. The highest BCUT2D eigenvalue weighted by Crippen LogP contribution is 2.24. The van der Waals surface area contributed by atoms with E-state index in [4.69, 9.17) is 10.8 Å². The number of anilines is 1. The number of nitrogens with two attached hydrogens (primary N) is 1. The number of hydrogen-bond acceptors (Lipinski definition) is 5. The van der Waals surface area contributed by atoms with Crippen LogP contribution in [0.5, 0.6) is 0 Å². The van der Waals surface area contributed by atoms with Crippen molar-refractivity contribution in [1.82, 2.24) is 10.3 Å². The Kier molecular flexibility index (Phi) is 8.51. The van der Waals surface area contributed by atoms with Crippen molar-refractivity contribution in [2.45, 2.75) is 46.4 Å². The maximum atomic E-state index is 10.8. The van der Waals surface area contributed by atoms with E-state index in [0.717, 1.165) is 5.56 Å². The average Bonchev–Trinajstić information content (AvgIpc) is 2.46. The first-order chi connectivity index (χ1) is 9.58. The molecule has 114 valence electrons. The Hall–Kier alpha value is -1.66. The second-order valence-electron chi connectivity index (χ2n) is 3.88. The molecular weight excluding hydrogens is 258 g/mol. The van der Waals surface area contributed by atoms with Crippen LogP contribution in [-0.4, -0.2) is 33.4 Å². The number of carboxylic acids is 1. The van der Waals surface area contributed by atoms with Gasteiger partial charge in [0, 0.05) is 12.1 Å². The number of aliphatic hydroxyl groups is 1. The predicted octanol–water partition coefficient (Wildman–Crippen LogP) is 1.25. The van der Waals surface area contributed by atoms with E-state index in [0.29, 0.717) is 12.2 Å². The molecule has 0 spiro atoms. The van der Waals surface area contributed by atoms with Gasteiger partial charge in [-0.3, -0.25) is 10.1 Å². The van der Waals surface area contributed by atoms with E-state index in [2.05, 4.69) is 10.3 Å². The maximum Gasteiger partial charge on any atom is 0.321 e. The van der Waals surface area contributed by atoms with Crippen LogP contribution >= 0.6 is 0 Å². The van der Waals surface area contributed by atoms with Crippen LogP contribution in [0.2, 0.25) is 0 Å². The first-order valence-electron chi connectivity index (χ1n) is 6.95. The Morgan fingerprint density at radius 1 is 1.40 bits per heavy atom. The molecule has 6 nitrogen and oxygen atoms in total. The normalized spacial score (nSPS) is 23.4. The molecule has 2 unspecified atom stereocenters. The Morgan fingerprint density at radius 3 is 2.45 bits per heavy atom. The second-order valence-corrected chi connectivity index (χ2v) is 3.88. The summed E-state index contributed by atoms with van der Waals surface area (Å²) < 4.78 is 0. The third-order valence-electron chi connectivity index (χ3n) is 2.77. The van der Waals surface area contributed by atoms with Crippen molar-refractivity contribution in [1.29, 1.82) is 0 Å². The zero-order valence-corrected chi connectivity index (χ0v) is 12.5. The predicted molar refractivity (Wildman–Crippen MR) is 79.1 cm³/mol. The van der Waals surface area contributed by atoms with Crippen LogP contribution in [0.3, 0.4) is 0 Å². The van der Waals surface area contributed by atoms with Crippen LogP contribution in [0.1, 0.15) is 33.3 Å². The van der Waals surface area contributed by atoms with Crippen molar-refractivity contribution in [3.63, 3.8) is 0 Å². The molecule has 0 aromatic carbocycles. The maximum absolute atomic E-state index is 10.8. The summed E-state index contributed by atoms with van der Waals surface area (Å²) in [5.41, 5.74) is 6.40. The quantitative estimate of drug-likeness (QED) is 0.665. The fourth-order valence-corrected chi connectivity index (χ4v) is 1.87. The molecule has 0 aliphatic carbocycles. The number of nitrogen functional groups attached to an aromatic ring is 1. The first-order valence-corrected chi connectivity index (χ1v) is 6.95. The van der Waals surface area contributed by atoms with Gasteiger partial charge in [-0.25, -0.2) is 4.98 Å². The molecule has 0 amide bonds. The molecule has 1 aromatic rings. The van der Waals surface area contributed by atoms with Gasteiger partial charge >= 0.3 is 5.97 Å². The topological polar surface area (TPSA) is 108 Å². The number of aliphatic carboxylic acids is 1. The van der Waals surface area contributed by atoms with Gasteiger partial charge in [0.15, 0.2) is 0 Å². The van der Waals surface area contributed by atoms with E-state index in [-0.39, 0.29) is 5.92 Å². The van der Waals surface area contributed by atoms with Gasteiger partial charge in [0.25, 0.3) is 0 Å². The standard InChI is InChI=1S/C10H13N3O3.2C2H6/c11-7-4-5(1-2-12-7)3-6-8(10(15)16)13-9(6)14;2*1-2/h1-2,4,6,8-9,13-14H,3H2,(H2,11,12)(H,15,16);2*1-2H3/t6-,8?,9?;;/m1../s1. The molecule has 2 rings (SSSR count). The Balaban J connectivity index is 0.000000829. The first kappa shape index (κ1) is 18.3. The smallest absolute Gasteiger partial charge is 0.321 e. The fraction of sp³-hybridized carbons (Fsp3) is 0.571. The zero-order chi connectivity index (χ0) is 15.7. The van der Waals surface area contributed by atoms with Gasteiger partial charge in [0.2, 0.25) is 0 Å². The third-order valence-corrected chi connectivity index (χ3v) is 2.77. The summed E-state index contributed by atoms with van der Waals surface area (Å²) in [6, 6.07) is 2.76. The minimum Gasteiger partial charge on any atom is -0.480 e. The number of carbonyl (C=O) groups is 1. The van der Waals surface area contributed by atoms with Crippen LogP contribution < -0.4 is 11.1 Å². The van der Waals surface area contributed by atoms with E-state index in [1.54, 1.807) is 18.3 Å². The Morgan fingerprint density at radius 2 is 2.00 bits per heavy atom. The molecule has 1 fully saturated rings. The van der Waals surface area contributed by atoms with Gasteiger partial charge in [-0.15, -0.1) is 0 Å². The Bertz CT molecular complexity index is 412. The lowest BCUT2D eigenvalue weighted by Gasteiger charge is -2.40. The number of hydrogen-bond donors (Lipinski definition) is 4. The van der Waals surface area contributed by atoms with Crippen LogP contribution in [0.25, 0.3) is 0 Å². The highest BCUT2D eigenvalue weighted by atomic mass is 16.4. The molecule has 0 bridgehead atoms. The summed E-state index contributed by atoms with van der Waals surface area (Å²) in [5, 5.41) is 20.8. The molecule has 20 heavy (non-hydrogen) atoms. The number of pyridine rings is 1. The molecule has 2 heterocycles. The summed E-state index contributed by atoms with van der Waals surface area (Å²) >= 11 is 0. The van der Waals surface area contributed by atoms with Crippen LogP contribution in [-0.2, 0) is 11.2 Å². The third kappa shape index (κ3) is 4.79. The van der Waals surface area contributed by atoms with Gasteiger partial charge in [-0.05, 0) is 24.1 Å². The lowest BCUT2D eigenvalue weighted by atomic mass is 9.84. The minimum atomic E-state index is -0.947. The molecule has 0 radical (unpaired) electrons. The van der Waals surface area contributed by atoms with Crippen LogP contribution in [0.4, 0.5) is 5.82 Å². The lowest BCUT2D eigenvalue weighted by molar-refractivity contribution is -0.152. The summed E-state index contributed by atoms with van der Waals surface area (Å²) in [6.45, 7) is 8.00. The summed E-state index contributed by atoms with van der Waals surface area (Å²) in [5.74, 6) is -0.872. The average molecular weight is 283 g/mol. The molecule has 0 saturated carbocycles. The van der Waals surface area contributed by atoms with E-state index in [1.807, 2.05) is 27.7 Å². The van der Waals surface area contributed by atoms with Crippen molar-refractivity contribution in [3.05, 3.63) is 23.9 Å². The molecular formula is C14H25N3O3. The molecule has 3 atom stereocenters. The van der Waals surface area contributed by atoms with Gasteiger partial charge in [0.1, 0.15) is 18.1 Å². The van der Waals surface area contributed by atoms with Gasteiger partial charge in [-0.2, -0.15) is 0 Å². The minimum absolute atomic E-state index is 0.320. The molecule has 1 aliphatic rings. The van der Waals surface area contributed by atoms with Crippen molar-refractivity contribution < 1.29 is 15.0 Å². The fourth-order valence-electron chi connectivity index (χ4n) is 1.87. The van der Waals surface area contributed by atoms with E-state index in [9.17, 15) is 9.90 Å². The molecule has 5 N–H and O–H groups in total. The zero-order valence-electron chi connectivity index (χ0n) is 12.5. The molecule has 1 saturated heterocycles. The van der Waals surface area contributed by atoms with E-state index in [1.165, 1.54) is 0 Å². The molecule has 1 aromatic heterocycles. The van der Waals surface area contributed by atoms with Crippen LogP contribution in [0, 0.1) is 5.92 Å². The van der Waals surface area contributed by atoms with Crippen molar-refractivity contribution in [2.24, 2.45) is 5.92 Å². The van der Waals surface area contributed by atoms with Gasteiger partial charge in [0.05, 0.1) is 0 Å². The van der Waals surface area contributed by atoms with Crippen molar-refractivity contribution >= 4 is 11.8 Å². The highest BCUT2D eigenvalue weighted by molar-refractivity contribution is 5.75. The van der Waals surface area contributed by atoms with Gasteiger partial charge in [-0.1, -0.05) is 27.7 Å².